The summed E-state index contributed by atoms with van der Waals surface area (Å²) in [6.07, 6.45) is 0. The predicted molar refractivity (Wildman–Crippen MR) is 110 cm³/mol. The first-order chi connectivity index (χ1) is 13.4. The average molecular weight is 398 g/mol. The van der Waals surface area contributed by atoms with Crippen molar-refractivity contribution in [2.75, 3.05) is 14.1 Å². The third kappa shape index (κ3) is 4.35. The van der Waals surface area contributed by atoms with Crippen molar-refractivity contribution < 1.29 is 9.69 Å². The maximum absolute atomic E-state index is 11.6. The zero-order valence-corrected chi connectivity index (χ0v) is 17.4. The quantitative estimate of drug-likeness (QED) is 0.618. The summed E-state index contributed by atoms with van der Waals surface area (Å²) in [5.74, 6) is -0.0819. The molecule has 1 amide bonds. The minimum absolute atomic E-state index is 0.0819. The van der Waals surface area contributed by atoms with Gasteiger partial charge in [0.25, 0.3) is 5.91 Å². The fraction of sp³-hybridized carbons (Fsp3) is 0.300. The van der Waals surface area contributed by atoms with E-state index in [4.69, 9.17) is 12.2 Å². The minimum atomic E-state index is -0.0819. The van der Waals surface area contributed by atoms with Crippen molar-refractivity contribution in [3.63, 3.8) is 0 Å². The van der Waals surface area contributed by atoms with Crippen LogP contribution in [0.4, 0.5) is 0 Å². The smallest absolute Gasteiger partial charge is 0.251 e. The van der Waals surface area contributed by atoms with E-state index >= 15 is 0 Å². The second-order valence-corrected chi connectivity index (χ2v) is 7.40. The molecule has 1 aromatic heterocycles. The first kappa shape index (κ1) is 19.9. The fourth-order valence-electron chi connectivity index (χ4n) is 3.15. The second-order valence-electron chi connectivity index (χ2n) is 7.03. The number of aromatic nitrogens is 4. The fourth-order valence-corrected chi connectivity index (χ4v) is 3.38. The standard InChI is InChI=1S/C20H24N6OS/c1-14-5-10-18(15(2)11-14)26-20(28)25(22-23-26)13-24(4)12-16-6-8-17(9-7-16)19(27)21-3/h5-11H,12-13H2,1-4H3,(H,21,27)/p+1. The Bertz CT molecular complexity index is 1040. The summed E-state index contributed by atoms with van der Waals surface area (Å²) in [6.45, 7) is 5.49. The van der Waals surface area contributed by atoms with E-state index in [1.165, 1.54) is 10.5 Å². The van der Waals surface area contributed by atoms with Gasteiger partial charge in [-0.05, 0) is 60.3 Å². The Morgan fingerprint density at radius 3 is 2.50 bits per heavy atom. The lowest BCUT2D eigenvalue weighted by Crippen LogP contribution is -3.07. The van der Waals surface area contributed by atoms with Crippen molar-refractivity contribution in [3.8, 4) is 5.69 Å². The average Bonchev–Trinajstić information content (AvgIpc) is 3.02. The van der Waals surface area contributed by atoms with Crippen molar-refractivity contribution in [1.29, 1.82) is 0 Å². The van der Waals surface area contributed by atoms with Gasteiger partial charge in [0.1, 0.15) is 6.54 Å². The molecular formula is C20H25N6OS+. The predicted octanol–water partition coefficient (Wildman–Crippen LogP) is 1.45. The largest absolute Gasteiger partial charge is 0.355 e. The molecule has 28 heavy (non-hydrogen) atoms. The van der Waals surface area contributed by atoms with Crippen LogP contribution in [0.15, 0.2) is 42.5 Å². The number of nitrogens with one attached hydrogen (secondary N) is 2. The van der Waals surface area contributed by atoms with Gasteiger partial charge in [-0.1, -0.05) is 29.8 Å². The number of hydrogen-bond donors (Lipinski definition) is 2. The van der Waals surface area contributed by atoms with Gasteiger partial charge in [0.2, 0.25) is 4.77 Å². The lowest BCUT2D eigenvalue weighted by atomic mass is 10.1. The van der Waals surface area contributed by atoms with Gasteiger partial charge in [-0.3, -0.25) is 4.79 Å². The van der Waals surface area contributed by atoms with Crippen LogP contribution in [0.5, 0.6) is 0 Å². The van der Waals surface area contributed by atoms with Crippen LogP contribution in [0.25, 0.3) is 5.69 Å². The van der Waals surface area contributed by atoms with E-state index in [0.717, 1.165) is 23.4 Å². The van der Waals surface area contributed by atoms with Crippen molar-refractivity contribution >= 4 is 18.1 Å². The number of nitrogens with zero attached hydrogens (tertiary/aromatic N) is 4. The minimum Gasteiger partial charge on any atom is -0.355 e. The molecule has 2 aromatic carbocycles. The number of hydrogen-bond acceptors (Lipinski definition) is 4. The van der Waals surface area contributed by atoms with Crippen LogP contribution in [0.2, 0.25) is 0 Å². The molecular weight excluding hydrogens is 372 g/mol. The van der Waals surface area contributed by atoms with Gasteiger partial charge in [-0.15, -0.1) is 0 Å². The molecule has 3 aromatic rings. The second kappa shape index (κ2) is 8.45. The Kier molecular flexibility index (Phi) is 6.01. The topological polar surface area (TPSA) is 69.2 Å². The summed E-state index contributed by atoms with van der Waals surface area (Å²) in [4.78, 5) is 12.8. The van der Waals surface area contributed by atoms with E-state index in [-0.39, 0.29) is 5.91 Å². The molecule has 0 aliphatic carbocycles. The van der Waals surface area contributed by atoms with Crippen molar-refractivity contribution in [3.05, 3.63) is 69.5 Å². The summed E-state index contributed by atoms with van der Waals surface area (Å²) in [5, 5.41) is 11.1. The van der Waals surface area contributed by atoms with Crippen LogP contribution >= 0.6 is 12.2 Å². The van der Waals surface area contributed by atoms with E-state index < -0.39 is 0 Å². The van der Waals surface area contributed by atoms with Crippen LogP contribution in [0.3, 0.4) is 0 Å². The molecule has 1 unspecified atom stereocenters. The molecule has 0 bridgehead atoms. The van der Waals surface area contributed by atoms with Gasteiger partial charge >= 0.3 is 0 Å². The Morgan fingerprint density at radius 2 is 1.86 bits per heavy atom. The van der Waals surface area contributed by atoms with E-state index in [0.29, 0.717) is 17.0 Å². The first-order valence-corrected chi connectivity index (χ1v) is 9.52. The Hall–Kier alpha value is -2.84. The molecule has 2 N–H and O–H groups in total. The van der Waals surface area contributed by atoms with Gasteiger partial charge in [-0.2, -0.15) is 9.36 Å². The molecule has 146 valence electrons. The number of amides is 1. The number of quaternary nitrogens is 1. The number of carbonyl (C=O) groups excluding carboxylic acids is 1. The number of aryl methyl sites for hydroxylation is 2. The number of benzene rings is 2. The highest BCUT2D eigenvalue weighted by Gasteiger charge is 2.12. The van der Waals surface area contributed by atoms with Gasteiger partial charge in [0.05, 0.1) is 12.7 Å². The maximum Gasteiger partial charge on any atom is 0.251 e. The molecule has 0 radical (unpaired) electrons. The molecule has 1 heterocycles. The summed E-state index contributed by atoms with van der Waals surface area (Å²) in [5.41, 5.74) is 5.05. The third-order valence-electron chi connectivity index (χ3n) is 4.59. The normalized spacial score (nSPS) is 12.0. The number of carbonyl (C=O) groups is 1. The SMILES string of the molecule is CNC(=O)c1ccc(C[NH+](C)Cn2nnn(-c3ccc(C)cc3C)c2=S)cc1. The maximum atomic E-state index is 11.6. The molecule has 1 atom stereocenters. The molecule has 0 fully saturated rings. The van der Waals surface area contributed by atoms with E-state index in [2.05, 4.69) is 35.8 Å². The number of rotatable bonds is 6. The lowest BCUT2D eigenvalue weighted by molar-refractivity contribution is -0.917. The third-order valence-corrected chi connectivity index (χ3v) is 4.97. The molecule has 0 saturated carbocycles. The van der Waals surface area contributed by atoms with Gasteiger partial charge in [-0.25, -0.2) is 0 Å². The molecule has 8 heteroatoms. The van der Waals surface area contributed by atoms with Crippen LogP contribution in [0, 0.1) is 18.6 Å². The van der Waals surface area contributed by atoms with Crippen LogP contribution in [-0.4, -0.2) is 39.8 Å². The Balaban J connectivity index is 1.71. The van der Waals surface area contributed by atoms with Crippen molar-refractivity contribution in [2.45, 2.75) is 27.1 Å². The zero-order valence-electron chi connectivity index (χ0n) is 16.6. The summed E-state index contributed by atoms with van der Waals surface area (Å²) < 4.78 is 4.01. The van der Waals surface area contributed by atoms with Gasteiger partial charge in [0, 0.05) is 18.2 Å². The highest BCUT2D eigenvalue weighted by atomic mass is 32.1. The van der Waals surface area contributed by atoms with Crippen LogP contribution < -0.4 is 10.2 Å². The Morgan fingerprint density at radius 1 is 1.14 bits per heavy atom. The monoisotopic (exact) mass is 397 g/mol. The van der Waals surface area contributed by atoms with E-state index in [9.17, 15) is 4.79 Å². The zero-order chi connectivity index (χ0) is 20.3. The number of tetrazole rings is 1. The lowest BCUT2D eigenvalue weighted by Gasteiger charge is -2.13. The van der Waals surface area contributed by atoms with Crippen molar-refractivity contribution in [2.24, 2.45) is 0 Å². The van der Waals surface area contributed by atoms with E-state index in [1.807, 2.05) is 43.3 Å². The van der Waals surface area contributed by atoms with Gasteiger partial charge in [0.15, 0.2) is 6.67 Å². The molecule has 0 aliphatic heterocycles. The first-order valence-electron chi connectivity index (χ1n) is 9.12. The van der Waals surface area contributed by atoms with E-state index in [1.54, 1.807) is 16.4 Å². The molecule has 7 nitrogen and oxygen atoms in total. The molecule has 0 spiro atoms. The highest BCUT2D eigenvalue weighted by Crippen LogP contribution is 2.14. The summed E-state index contributed by atoms with van der Waals surface area (Å²) in [7, 11) is 3.70. The summed E-state index contributed by atoms with van der Waals surface area (Å²) in [6, 6.07) is 13.8. The summed E-state index contributed by atoms with van der Waals surface area (Å²) >= 11 is 5.59. The Labute approximate surface area is 169 Å². The highest BCUT2D eigenvalue weighted by molar-refractivity contribution is 7.71. The molecule has 0 aliphatic rings. The van der Waals surface area contributed by atoms with Crippen molar-refractivity contribution in [1.82, 2.24) is 25.1 Å². The van der Waals surface area contributed by atoms with Crippen LogP contribution in [-0.2, 0) is 13.2 Å². The molecule has 3 rings (SSSR count). The van der Waals surface area contributed by atoms with Crippen LogP contribution in [0.1, 0.15) is 27.0 Å². The molecule has 0 saturated heterocycles. The van der Waals surface area contributed by atoms with Gasteiger partial charge < -0.3 is 10.2 Å².